The predicted octanol–water partition coefficient (Wildman–Crippen LogP) is 4.98. The second kappa shape index (κ2) is 7.86. The lowest BCUT2D eigenvalue weighted by Gasteiger charge is -2.20. The minimum atomic E-state index is -0.523. The zero-order valence-electron chi connectivity index (χ0n) is 15.1. The average Bonchev–Trinajstić information content (AvgIpc) is 2.54. The SMILES string of the molecule is Cc1ccc(NC(=O)COc2ccc(C(C)(C)C)cc2Br)c([N+](=O)[O-])c1. The fourth-order valence-corrected chi connectivity index (χ4v) is 2.81. The molecule has 2 rings (SSSR count). The first-order chi connectivity index (χ1) is 12.1. The Labute approximate surface area is 160 Å². The summed E-state index contributed by atoms with van der Waals surface area (Å²) in [5.41, 5.74) is 1.89. The Morgan fingerprint density at radius 1 is 1.23 bits per heavy atom. The van der Waals surface area contributed by atoms with Crippen molar-refractivity contribution in [3.05, 3.63) is 62.1 Å². The highest BCUT2D eigenvalue weighted by molar-refractivity contribution is 9.10. The first kappa shape index (κ1) is 19.9. The number of carbonyl (C=O) groups excluding carboxylic acids is 1. The molecule has 0 radical (unpaired) electrons. The van der Waals surface area contributed by atoms with Gasteiger partial charge in [-0.3, -0.25) is 14.9 Å². The van der Waals surface area contributed by atoms with E-state index in [-0.39, 0.29) is 23.4 Å². The van der Waals surface area contributed by atoms with Crippen molar-refractivity contribution in [2.45, 2.75) is 33.1 Å². The van der Waals surface area contributed by atoms with E-state index in [1.54, 1.807) is 19.1 Å². The molecule has 26 heavy (non-hydrogen) atoms. The Morgan fingerprint density at radius 2 is 1.92 bits per heavy atom. The molecule has 0 spiro atoms. The van der Waals surface area contributed by atoms with Crippen LogP contribution in [0.2, 0.25) is 0 Å². The van der Waals surface area contributed by atoms with E-state index in [0.29, 0.717) is 5.75 Å². The van der Waals surface area contributed by atoms with E-state index in [1.807, 2.05) is 12.1 Å². The van der Waals surface area contributed by atoms with E-state index in [1.165, 1.54) is 12.1 Å². The van der Waals surface area contributed by atoms with E-state index in [9.17, 15) is 14.9 Å². The topological polar surface area (TPSA) is 81.5 Å². The lowest BCUT2D eigenvalue weighted by Crippen LogP contribution is -2.21. The van der Waals surface area contributed by atoms with Gasteiger partial charge >= 0.3 is 0 Å². The number of amides is 1. The number of rotatable bonds is 5. The summed E-state index contributed by atoms with van der Waals surface area (Å²) in [7, 11) is 0. The summed E-state index contributed by atoms with van der Waals surface area (Å²) in [6.07, 6.45) is 0. The summed E-state index contributed by atoms with van der Waals surface area (Å²) < 4.78 is 6.28. The maximum absolute atomic E-state index is 12.1. The summed E-state index contributed by atoms with van der Waals surface area (Å²) in [5, 5.41) is 13.6. The van der Waals surface area contributed by atoms with Gasteiger partial charge in [0.1, 0.15) is 11.4 Å². The number of nitro benzene ring substituents is 1. The number of benzene rings is 2. The number of hydrogen-bond donors (Lipinski definition) is 1. The number of anilines is 1. The van der Waals surface area contributed by atoms with Gasteiger partial charge in [0.15, 0.2) is 6.61 Å². The summed E-state index contributed by atoms with van der Waals surface area (Å²) in [4.78, 5) is 22.7. The Hall–Kier alpha value is -2.41. The number of nitro groups is 1. The van der Waals surface area contributed by atoms with Crippen molar-refractivity contribution in [1.82, 2.24) is 0 Å². The van der Waals surface area contributed by atoms with Crippen LogP contribution in [0, 0.1) is 17.0 Å². The zero-order chi connectivity index (χ0) is 19.5. The molecule has 0 aromatic heterocycles. The molecule has 0 aliphatic heterocycles. The van der Waals surface area contributed by atoms with Crippen molar-refractivity contribution in [3.8, 4) is 5.75 Å². The summed E-state index contributed by atoms with van der Waals surface area (Å²) in [6, 6.07) is 10.3. The Bertz CT molecular complexity index is 844. The molecule has 0 aliphatic carbocycles. The molecule has 0 unspecified atom stereocenters. The van der Waals surface area contributed by atoms with Crippen molar-refractivity contribution in [1.29, 1.82) is 0 Å². The van der Waals surface area contributed by atoms with Gasteiger partial charge in [0.05, 0.1) is 9.40 Å². The number of carbonyl (C=O) groups is 1. The maximum atomic E-state index is 12.1. The number of nitrogens with one attached hydrogen (secondary N) is 1. The van der Waals surface area contributed by atoms with Crippen molar-refractivity contribution in [2.24, 2.45) is 0 Å². The van der Waals surface area contributed by atoms with Gasteiger partial charge in [0, 0.05) is 6.07 Å². The van der Waals surface area contributed by atoms with E-state index in [2.05, 4.69) is 42.0 Å². The first-order valence-corrected chi connectivity index (χ1v) is 8.85. The molecule has 0 heterocycles. The van der Waals surface area contributed by atoms with Gasteiger partial charge in [-0.1, -0.05) is 32.9 Å². The standard InChI is InChI=1S/C19H21BrN2O4/c1-12-5-7-15(16(9-12)22(24)25)21-18(23)11-26-17-8-6-13(10-14(17)20)19(2,3)4/h5-10H,11H2,1-4H3,(H,21,23). The molecule has 2 aromatic rings. The van der Waals surface area contributed by atoms with Crippen LogP contribution in [0.15, 0.2) is 40.9 Å². The molecule has 2 aromatic carbocycles. The summed E-state index contributed by atoms with van der Waals surface area (Å²) in [6.45, 7) is 7.82. The Balaban J connectivity index is 2.05. The number of ether oxygens (including phenoxy) is 1. The molecule has 0 bridgehead atoms. The minimum Gasteiger partial charge on any atom is -0.483 e. The molecular weight excluding hydrogens is 400 g/mol. The van der Waals surface area contributed by atoms with Crippen LogP contribution in [-0.4, -0.2) is 17.4 Å². The van der Waals surface area contributed by atoms with E-state index < -0.39 is 10.8 Å². The molecule has 0 saturated heterocycles. The van der Waals surface area contributed by atoms with Crippen LogP contribution >= 0.6 is 15.9 Å². The normalized spacial score (nSPS) is 11.1. The number of aryl methyl sites for hydroxylation is 1. The summed E-state index contributed by atoms with van der Waals surface area (Å²) >= 11 is 3.45. The maximum Gasteiger partial charge on any atom is 0.293 e. The third-order valence-electron chi connectivity index (χ3n) is 3.78. The van der Waals surface area contributed by atoms with Crippen LogP contribution in [0.1, 0.15) is 31.9 Å². The molecule has 7 heteroatoms. The largest absolute Gasteiger partial charge is 0.483 e. The smallest absolute Gasteiger partial charge is 0.293 e. The lowest BCUT2D eigenvalue weighted by molar-refractivity contribution is -0.384. The van der Waals surface area contributed by atoms with Crippen LogP contribution in [-0.2, 0) is 10.2 Å². The van der Waals surface area contributed by atoms with Crippen LogP contribution in [0.25, 0.3) is 0 Å². The van der Waals surface area contributed by atoms with Gasteiger partial charge in [0.25, 0.3) is 11.6 Å². The highest BCUT2D eigenvalue weighted by atomic mass is 79.9. The highest BCUT2D eigenvalue weighted by Gasteiger charge is 2.18. The van der Waals surface area contributed by atoms with Crippen molar-refractivity contribution in [3.63, 3.8) is 0 Å². The van der Waals surface area contributed by atoms with Crippen molar-refractivity contribution < 1.29 is 14.5 Å². The molecule has 138 valence electrons. The molecule has 0 atom stereocenters. The fraction of sp³-hybridized carbons (Fsp3) is 0.316. The molecule has 0 aliphatic rings. The minimum absolute atomic E-state index is 0.00278. The number of nitrogens with zero attached hydrogens (tertiary/aromatic N) is 1. The number of hydrogen-bond acceptors (Lipinski definition) is 4. The van der Waals surface area contributed by atoms with Crippen molar-refractivity contribution >= 4 is 33.2 Å². The third kappa shape index (κ3) is 5.05. The van der Waals surface area contributed by atoms with Gasteiger partial charge in [-0.05, 0) is 57.6 Å². The predicted molar refractivity (Wildman–Crippen MR) is 105 cm³/mol. The second-order valence-corrected chi connectivity index (χ2v) is 7.86. The van der Waals surface area contributed by atoms with E-state index in [0.717, 1.165) is 15.6 Å². The monoisotopic (exact) mass is 420 g/mol. The van der Waals surface area contributed by atoms with Gasteiger partial charge in [-0.25, -0.2) is 0 Å². The Kier molecular flexibility index (Phi) is 6.02. The molecule has 6 nitrogen and oxygen atoms in total. The van der Waals surface area contributed by atoms with E-state index >= 15 is 0 Å². The van der Waals surface area contributed by atoms with Crippen LogP contribution in [0.3, 0.4) is 0 Å². The third-order valence-corrected chi connectivity index (χ3v) is 4.40. The molecule has 1 amide bonds. The molecule has 0 fully saturated rings. The quantitative estimate of drug-likeness (QED) is 0.545. The van der Waals surface area contributed by atoms with E-state index in [4.69, 9.17) is 4.74 Å². The molecular formula is C19H21BrN2O4. The van der Waals surface area contributed by atoms with Gasteiger partial charge in [-0.15, -0.1) is 0 Å². The lowest BCUT2D eigenvalue weighted by atomic mass is 9.87. The first-order valence-electron chi connectivity index (χ1n) is 8.05. The second-order valence-electron chi connectivity index (χ2n) is 7.01. The van der Waals surface area contributed by atoms with Crippen LogP contribution in [0.5, 0.6) is 5.75 Å². The van der Waals surface area contributed by atoms with Crippen molar-refractivity contribution in [2.75, 3.05) is 11.9 Å². The Morgan fingerprint density at radius 3 is 2.50 bits per heavy atom. The van der Waals surface area contributed by atoms with Gasteiger partial charge in [0.2, 0.25) is 0 Å². The average molecular weight is 421 g/mol. The fourth-order valence-electron chi connectivity index (χ4n) is 2.31. The highest BCUT2D eigenvalue weighted by Crippen LogP contribution is 2.31. The molecule has 1 N–H and O–H groups in total. The van der Waals surface area contributed by atoms with Crippen LogP contribution < -0.4 is 10.1 Å². The molecule has 0 saturated carbocycles. The van der Waals surface area contributed by atoms with Crippen LogP contribution in [0.4, 0.5) is 11.4 Å². The summed E-state index contributed by atoms with van der Waals surface area (Å²) in [5.74, 6) is 0.0651. The number of halogens is 1. The van der Waals surface area contributed by atoms with Gasteiger partial charge in [-0.2, -0.15) is 0 Å². The van der Waals surface area contributed by atoms with Gasteiger partial charge < -0.3 is 10.1 Å². The zero-order valence-corrected chi connectivity index (χ0v) is 16.7.